The fourth-order valence-electron chi connectivity index (χ4n) is 3.55. The van der Waals surface area contributed by atoms with Crippen LogP contribution >= 0.6 is 0 Å². The smallest absolute Gasteiger partial charge is 0.338 e. The molecule has 0 atom stereocenters. The molecule has 9 nitrogen and oxygen atoms in total. The maximum Gasteiger partial charge on any atom is 0.338 e. The third kappa shape index (κ3) is 4.43. The molecule has 2 heterocycles. The lowest BCUT2D eigenvalue weighted by Crippen LogP contribution is -2.48. The van der Waals surface area contributed by atoms with Crippen LogP contribution in [-0.2, 0) is 11.3 Å². The van der Waals surface area contributed by atoms with Gasteiger partial charge in [-0.15, -0.1) is 5.10 Å². The molecule has 0 N–H and O–H groups in total. The number of amides is 1. The minimum Gasteiger partial charge on any atom is -0.465 e. The van der Waals surface area contributed by atoms with Crippen molar-refractivity contribution in [2.45, 2.75) is 6.54 Å². The van der Waals surface area contributed by atoms with Crippen LogP contribution in [0.2, 0.25) is 0 Å². The number of hydrogen-bond donors (Lipinski definition) is 0. The van der Waals surface area contributed by atoms with Gasteiger partial charge in [-0.05, 0) is 40.8 Å². The van der Waals surface area contributed by atoms with Gasteiger partial charge in [0.25, 0.3) is 5.91 Å². The zero-order chi connectivity index (χ0) is 21.8. The molecule has 0 radical (unpaired) electrons. The van der Waals surface area contributed by atoms with E-state index in [0.717, 1.165) is 0 Å². The number of carbonyl (C=O) groups excluding carboxylic acids is 2. The number of benzene rings is 2. The van der Waals surface area contributed by atoms with E-state index in [2.05, 4.69) is 20.4 Å². The third-order valence-electron chi connectivity index (χ3n) is 5.17. The minimum absolute atomic E-state index is 0.203. The average molecular weight is 424 g/mol. The summed E-state index contributed by atoms with van der Waals surface area (Å²) in [5.41, 5.74) is 1.14. The molecule has 2 aromatic carbocycles. The molecule has 0 unspecified atom stereocenters. The van der Waals surface area contributed by atoms with Crippen molar-refractivity contribution in [1.82, 2.24) is 30.0 Å². The van der Waals surface area contributed by atoms with Crippen molar-refractivity contribution in [2.24, 2.45) is 0 Å². The number of ether oxygens (including phenoxy) is 1. The van der Waals surface area contributed by atoms with Crippen molar-refractivity contribution in [3.8, 4) is 5.69 Å². The van der Waals surface area contributed by atoms with Crippen molar-refractivity contribution in [3.63, 3.8) is 0 Å². The number of piperazine rings is 1. The lowest BCUT2D eigenvalue weighted by atomic mass is 10.1. The fraction of sp³-hybridized carbons (Fsp3) is 0.286. The van der Waals surface area contributed by atoms with Gasteiger partial charge in [0.05, 0.1) is 30.5 Å². The molecule has 160 valence electrons. The zero-order valence-electron chi connectivity index (χ0n) is 16.9. The Balaban J connectivity index is 1.41. The van der Waals surface area contributed by atoms with E-state index in [9.17, 15) is 14.0 Å². The van der Waals surface area contributed by atoms with E-state index in [4.69, 9.17) is 4.74 Å². The van der Waals surface area contributed by atoms with Crippen LogP contribution in [0.15, 0.2) is 48.5 Å². The van der Waals surface area contributed by atoms with Crippen LogP contribution < -0.4 is 0 Å². The van der Waals surface area contributed by atoms with E-state index in [-0.39, 0.29) is 17.3 Å². The number of carbonyl (C=O) groups is 2. The quantitative estimate of drug-likeness (QED) is 0.574. The monoisotopic (exact) mass is 424 g/mol. The van der Waals surface area contributed by atoms with Crippen LogP contribution in [0.1, 0.15) is 26.5 Å². The van der Waals surface area contributed by atoms with Gasteiger partial charge in [0.2, 0.25) is 0 Å². The molecule has 0 spiro atoms. The van der Waals surface area contributed by atoms with Gasteiger partial charge in [-0.3, -0.25) is 9.69 Å². The SMILES string of the molecule is COC(=O)c1ccccc1C(=O)N1CCN(Cc2nnnn2-c2cccc(F)c2)CC1. The van der Waals surface area contributed by atoms with Gasteiger partial charge in [-0.1, -0.05) is 18.2 Å². The number of rotatable bonds is 5. The molecule has 1 aliphatic heterocycles. The number of esters is 1. The maximum absolute atomic E-state index is 13.6. The Hall–Kier alpha value is -3.66. The van der Waals surface area contributed by atoms with Crippen LogP contribution in [0.25, 0.3) is 5.69 Å². The van der Waals surface area contributed by atoms with Crippen molar-refractivity contribution >= 4 is 11.9 Å². The van der Waals surface area contributed by atoms with E-state index in [1.54, 1.807) is 41.3 Å². The van der Waals surface area contributed by atoms with Crippen molar-refractivity contribution in [3.05, 3.63) is 71.3 Å². The summed E-state index contributed by atoms with van der Waals surface area (Å²) in [4.78, 5) is 28.8. The molecule has 1 fully saturated rings. The summed E-state index contributed by atoms with van der Waals surface area (Å²) in [6.07, 6.45) is 0. The first kappa shape index (κ1) is 20.6. The highest BCUT2D eigenvalue weighted by atomic mass is 19.1. The van der Waals surface area contributed by atoms with Crippen molar-refractivity contribution in [2.75, 3.05) is 33.3 Å². The Morgan fingerprint density at radius 3 is 2.48 bits per heavy atom. The summed E-state index contributed by atoms with van der Waals surface area (Å²) in [6.45, 7) is 2.68. The molecule has 10 heteroatoms. The normalized spacial score (nSPS) is 14.5. The third-order valence-corrected chi connectivity index (χ3v) is 5.17. The summed E-state index contributed by atoms with van der Waals surface area (Å²) < 4.78 is 19.8. The lowest BCUT2D eigenvalue weighted by Gasteiger charge is -2.34. The zero-order valence-corrected chi connectivity index (χ0v) is 16.9. The number of aromatic nitrogens is 4. The molecule has 4 rings (SSSR count). The van der Waals surface area contributed by atoms with Crippen LogP contribution in [0.4, 0.5) is 4.39 Å². The van der Waals surface area contributed by atoms with E-state index >= 15 is 0 Å². The molecule has 0 aliphatic carbocycles. The Labute approximate surface area is 178 Å². The van der Waals surface area contributed by atoms with Gasteiger partial charge >= 0.3 is 5.97 Å². The first-order valence-corrected chi connectivity index (χ1v) is 9.79. The second-order valence-electron chi connectivity index (χ2n) is 7.09. The van der Waals surface area contributed by atoms with E-state index in [0.29, 0.717) is 49.8 Å². The Morgan fingerprint density at radius 2 is 1.77 bits per heavy atom. The highest BCUT2D eigenvalue weighted by Gasteiger charge is 2.26. The Kier molecular flexibility index (Phi) is 5.99. The van der Waals surface area contributed by atoms with Gasteiger partial charge in [0.15, 0.2) is 5.82 Å². The summed E-state index contributed by atoms with van der Waals surface area (Å²) in [7, 11) is 1.29. The first-order chi connectivity index (χ1) is 15.1. The van der Waals surface area contributed by atoms with E-state index < -0.39 is 5.97 Å². The number of hydrogen-bond acceptors (Lipinski definition) is 7. The molecular weight excluding hydrogens is 403 g/mol. The van der Waals surface area contributed by atoms with Crippen LogP contribution in [0, 0.1) is 5.82 Å². The molecule has 0 bridgehead atoms. The predicted octanol–water partition coefficient (Wildman–Crippen LogP) is 1.55. The molecule has 1 aliphatic rings. The average Bonchev–Trinajstić information content (AvgIpc) is 3.26. The van der Waals surface area contributed by atoms with Gasteiger partial charge in [-0.2, -0.15) is 4.68 Å². The van der Waals surface area contributed by atoms with E-state index in [1.807, 2.05) is 0 Å². The number of methoxy groups -OCH3 is 1. The number of halogens is 1. The summed E-state index contributed by atoms with van der Waals surface area (Å²) in [5, 5.41) is 11.7. The van der Waals surface area contributed by atoms with Crippen LogP contribution in [0.3, 0.4) is 0 Å². The standard InChI is InChI=1S/C21H21FN6O3/c1-31-21(30)18-8-3-2-7-17(18)20(29)27-11-9-26(10-12-27)14-19-23-24-25-28(19)16-6-4-5-15(22)13-16/h2-8,13H,9-12,14H2,1H3. The van der Waals surface area contributed by atoms with E-state index in [1.165, 1.54) is 23.9 Å². The molecule has 31 heavy (non-hydrogen) atoms. The molecule has 1 saturated heterocycles. The first-order valence-electron chi connectivity index (χ1n) is 9.79. The summed E-state index contributed by atoms with van der Waals surface area (Å²) in [6, 6.07) is 12.7. The van der Waals surface area contributed by atoms with Gasteiger partial charge < -0.3 is 9.64 Å². The van der Waals surface area contributed by atoms with Gasteiger partial charge in [-0.25, -0.2) is 9.18 Å². The molecule has 1 aromatic heterocycles. The molecular formula is C21H21FN6O3. The largest absolute Gasteiger partial charge is 0.465 e. The van der Waals surface area contributed by atoms with Gasteiger partial charge in [0, 0.05) is 26.2 Å². The molecule has 1 amide bonds. The Bertz CT molecular complexity index is 1090. The topological polar surface area (TPSA) is 93.5 Å². The second-order valence-corrected chi connectivity index (χ2v) is 7.09. The highest BCUT2D eigenvalue weighted by Crippen LogP contribution is 2.16. The summed E-state index contributed by atoms with van der Waals surface area (Å²) in [5.74, 6) is -0.517. The fourth-order valence-corrected chi connectivity index (χ4v) is 3.55. The van der Waals surface area contributed by atoms with Crippen molar-refractivity contribution < 1.29 is 18.7 Å². The van der Waals surface area contributed by atoms with Crippen LogP contribution in [-0.4, -0.2) is 75.2 Å². The second kappa shape index (κ2) is 9.00. The summed E-state index contributed by atoms with van der Waals surface area (Å²) >= 11 is 0. The number of tetrazole rings is 1. The highest BCUT2D eigenvalue weighted by molar-refractivity contribution is 6.05. The van der Waals surface area contributed by atoms with Gasteiger partial charge in [0.1, 0.15) is 5.82 Å². The maximum atomic E-state index is 13.6. The molecule has 0 saturated carbocycles. The minimum atomic E-state index is -0.535. The number of nitrogens with zero attached hydrogens (tertiary/aromatic N) is 6. The molecule has 3 aromatic rings. The van der Waals surface area contributed by atoms with Crippen molar-refractivity contribution in [1.29, 1.82) is 0 Å². The predicted molar refractivity (Wildman–Crippen MR) is 108 cm³/mol. The van der Waals surface area contributed by atoms with Crippen LogP contribution in [0.5, 0.6) is 0 Å². The lowest BCUT2D eigenvalue weighted by molar-refractivity contribution is 0.0569. The Morgan fingerprint density at radius 1 is 1.03 bits per heavy atom.